The van der Waals surface area contributed by atoms with Crippen molar-refractivity contribution in [3.63, 3.8) is 0 Å². The zero-order valence-corrected chi connectivity index (χ0v) is 21.0. The van der Waals surface area contributed by atoms with Crippen molar-refractivity contribution in [1.29, 1.82) is 0 Å². The van der Waals surface area contributed by atoms with Crippen LogP contribution in [0.3, 0.4) is 0 Å². The Morgan fingerprint density at radius 1 is 1.03 bits per heavy atom. The number of anilines is 2. The second-order valence-electron chi connectivity index (χ2n) is 8.18. The maximum atomic E-state index is 13.0. The molecule has 6 rings (SSSR count). The number of fused-ring (bicyclic) bond motifs is 2. The Kier molecular flexibility index (Phi) is 5.55. The number of H-pyrrole nitrogens is 1. The van der Waals surface area contributed by atoms with Crippen LogP contribution in [0.4, 0.5) is 11.4 Å². The van der Waals surface area contributed by atoms with Crippen LogP contribution in [-0.2, 0) is 11.3 Å². The van der Waals surface area contributed by atoms with E-state index in [4.69, 9.17) is 28.6 Å². The van der Waals surface area contributed by atoms with E-state index in [1.54, 1.807) is 28.6 Å². The third kappa shape index (κ3) is 3.62. The molecule has 2 aliphatic heterocycles. The number of aromatic nitrogens is 3. The molecule has 2 aliphatic rings. The van der Waals surface area contributed by atoms with Gasteiger partial charge in [-0.05, 0) is 54.2 Å². The van der Waals surface area contributed by atoms with E-state index in [9.17, 15) is 4.79 Å². The molecule has 3 aromatic carbocycles. The van der Waals surface area contributed by atoms with Crippen molar-refractivity contribution < 1.29 is 9.53 Å². The summed E-state index contributed by atoms with van der Waals surface area (Å²) in [5.41, 5.74) is 3.05. The maximum absolute atomic E-state index is 13.0. The normalized spacial score (nSPS) is 18.6. The van der Waals surface area contributed by atoms with Gasteiger partial charge in [-0.15, -0.1) is 11.6 Å². The lowest BCUT2D eigenvalue weighted by Crippen LogP contribution is -2.62. The van der Waals surface area contributed by atoms with Crippen LogP contribution in [0.5, 0.6) is 5.75 Å². The highest BCUT2D eigenvalue weighted by Crippen LogP contribution is 2.48. The topological polar surface area (TPSA) is 66.4 Å². The van der Waals surface area contributed by atoms with E-state index in [0.29, 0.717) is 17.1 Å². The molecule has 1 amide bonds. The largest absolute Gasteiger partial charge is 0.497 e. The number of para-hydroxylation sites is 2. The summed E-state index contributed by atoms with van der Waals surface area (Å²) in [5.74, 6) is 1.13. The number of hydrogen-bond donors (Lipinski definition) is 1. The molecule has 7 nitrogen and oxygen atoms in total. The van der Waals surface area contributed by atoms with Gasteiger partial charge < -0.3 is 9.64 Å². The first-order valence-corrected chi connectivity index (χ1v) is 12.6. The third-order valence-electron chi connectivity index (χ3n) is 6.22. The number of nitrogens with zero attached hydrogens (tertiary/aromatic N) is 4. The van der Waals surface area contributed by atoms with Crippen molar-refractivity contribution in [3.05, 3.63) is 89.0 Å². The zero-order chi connectivity index (χ0) is 24.1. The fraction of sp³-hybridized carbons (Fsp3) is 0.160. The number of carbonyl (C=O) groups is 1. The van der Waals surface area contributed by atoms with Gasteiger partial charge in [-0.2, -0.15) is 5.10 Å². The van der Waals surface area contributed by atoms with E-state index in [1.165, 1.54) is 0 Å². The van der Waals surface area contributed by atoms with Gasteiger partial charge in [-0.25, -0.2) is 9.69 Å². The molecule has 2 unspecified atom stereocenters. The van der Waals surface area contributed by atoms with Crippen molar-refractivity contribution in [2.75, 3.05) is 17.0 Å². The summed E-state index contributed by atoms with van der Waals surface area (Å²) in [5, 5.41) is 8.29. The molecule has 0 radical (unpaired) electrons. The van der Waals surface area contributed by atoms with Crippen molar-refractivity contribution in [2.24, 2.45) is 0 Å². The average molecular weight is 522 g/mol. The highest BCUT2D eigenvalue weighted by atomic mass is 35.5. The second kappa shape index (κ2) is 8.75. The van der Waals surface area contributed by atoms with Crippen molar-refractivity contribution in [1.82, 2.24) is 14.9 Å². The number of amides is 1. The molecular weight excluding hydrogens is 502 g/mol. The predicted octanol–water partition coefficient (Wildman–Crippen LogP) is 5.58. The lowest BCUT2D eigenvalue weighted by molar-refractivity contribution is -0.126. The van der Waals surface area contributed by atoms with Gasteiger partial charge in [0.25, 0.3) is 5.91 Å². The molecule has 0 spiro atoms. The van der Waals surface area contributed by atoms with Crippen LogP contribution < -0.4 is 14.6 Å². The number of benzene rings is 3. The standard InChI is InChI=1S/C25H20ClN5O2S2/c1-33-16-12-10-15(11-13-16)23-22(26)24(32)31(23)30-21(27-28-25(30)34)14-29-17-6-2-4-8-19(17)35-20-9-5-3-7-18(20)29/h2-13,22-23H,14H2,1H3,(H,28,34). The van der Waals surface area contributed by atoms with Gasteiger partial charge in [-0.1, -0.05) is 48.2 Å². The van der Waals surface area contributed by atoms with Crippen LogP contribution in [0, 0.1) is 4.77 Å². The predicted molar refractivity (Wildman–Crippen MR) is 139 cm³/mol. The van der Waals surface area contributed by atoms with Crippen LogP contribution in [-0.4, -0.2) is 33.3 Å². The Balaban J connectivity index is 1.40. The van der Waals surface area contributed by atoms with Crippen LogP contribution >= 0.6 is 35.6 Å². The average Bonchev–Trinajstić information content (AvgIpc) is 3.25. The summed E-state index contributed by atoms with van der Waals surface area (Å²) in [6, 6.07) is 23.7. The molecule has 0 aliphatic carbocycles. The van der Waals surface area contributed by atoms with E-state index in [2.05, 4.69) is 39.4 Å². The summed E-state index contributed by atoms with van der Waals surface area (Å²) in [6.07, 6.45) is 0. The molecule has 1 saturated heterocycles. The number of halogens is 1. The number of carbonyl (C=O) groups excluding carboxylic acids is 1. The van der Waals surface area contributed by atoms with Gasteiger partial charge >= 0.3 is 0 Å². The number of hydrogen-bond acceptors (Lipinski definition) is 6. The zero-order valence-electron chi connectivity index (χ0n) is 18.6. The monoisotopic (exact) mass is 521 g/mol. The molecule has 4 aromatic rings. The molecule has 1 fully saturated rings. The fourth-order valence-corrected chi connectivity index (χ4v) is 6.20. The second-order valence-corrected chi connectivity index (χ2v) is 10.1. The molecule has 1 N–H and O–H groups in total. The summed E-state index contributed by atoms with van der Waals surface area (Å²) in [4.78, 5) is 17.5. The lowest BCUT2D eigenvalue weighted by atomic mass is 9.95. The molecule has 3 heterocycles. The number of alkyl halides is 1. The number of rotatable bonds is 5. The molecule has 2 atom stereocenters. The van der Waals surface area contributed by atoms with Gasteiger partial charge in [0.2, 0.25) is 4.77 Å². The van der Waals surface area contributed by atoms with Crippen LogP contribution in [0.2, 0.25) is 0 Å². The number of methoxy groups -OCH3 is 1. The Hall–Kier alpha value is -3.27. The molecule has 0 saturated carbocycles. The first-order chi connectivity index (χ1) is 17.1. The van der Waals surface area contributed by atoms with Crippen molar-refractivity contribution in [2.45, 2.75) is 27.8 Å². The van der Waals surface area contributed by atoms with E-state index in [0.717, 1.165) is 32.5 Å². The molecule has 0 bridgehead atoms. The number of aromatic amines is 1. The minimum absolute atomic E-state index is 0.221. The summed E-state index contributed by atoms with van der Waals surface area (Å²) >= 11 is 13.8. The van der Waals surface area contributed by atoms with E-state index < -0.39 is 5.38 Å². The van der Waals surface area contributed by atoms with E-state index in [1.807, 2.05) is 48.5 Å². The number of nitrogens with one attached hydrogen (secondary N) is 1. The quantitative estimate of drug-likeness (QED) is 0.210. The third-order valence-corrected chi connectivity index (χ3v) is 8.04. The first-order valence-electron chi connectivity index (χ1n) is 11.0. The molecule has 1 aromatic heterocycles. The SMILES string of the molecule is COc1ccc(C2C(Cl)C(=O)N2n2c(CN3c4ccccc4Sc4ccccc43)n[nH]c2=S)cc1. The van der Waals surface area contributed by atoms with Gasteiger partial charge in [0, 0.05) is 9.79 Å². The van der Waals surface area contributed by atoms with Gasteiger partial charge in [0.15, 0.2) is 5.82 Å². The minimum atomic E-state index is -0.694. The first kappa shape index (κ1) is 22.2. The van der Waals surface area contributed by atoms with E-state index in [-0.39, 0.29) is 11.9 Å². The van der Waals surface area contributed by atoms with Crippen molar-refractivity contribution in [3.8, 4) is 5.75 Å². The molecular formula is C25H20ClN5O2S2. The summed E-state index contributed by atoms with van der Waals surface area (Å²) in [7, 11) is 1.62. The number of ether oxygens (including phenoxy) is 1. The Morgan fingerprint density at radius 2 is 1.66 bits per heavy atom. The fourth-order valence-electron chi connectivity index (χ4n) is 4.52. The summed E-state index contributed by atoms with van der Waals surface area (Å²) < 4.78 is 7.29. The maximum Gasteiger partial charge on any atom is 0.262 e. The van der Waals surface area contributed by atoms with Crippen LogP contribution in [0.25, 0.3) is 0 Å². The van der Waals surface area contributed by atoms with Gasteiger partial charge in [-0.3, -0.25) is 9.89 Å². The molecule has 176 valence electrons. The van der Waals surface area contributed by atoms with Crippen molar-refractivity contribution >= 4 is 52.9 Å². The molecule has 35 heavy (non-hydrogen) atoms. The van der Waals surface area contributed by atoms with E-state index >= 15 is 0 Å². The van der Waals surface area contributed by atoms with Gasteiger partial charge in [0.05, 0.1) is 25.0 Å². The highest BCUT2D eigenvalue weighted by Gasteiger charge is 2.49. The highest BCUT2D eigenvalue weighted by molar-refractivity contribution is 7.99. The smallest absolute Gasteiger partial charge is 0.262 e. The lowest BCUT2D eigenvalue weighted by Gasteiger charge is -2.44. The Morgan fingerprint density at radius 3 is 2.29 bits per heavy atom. The van der Waals surface area contributed by atoms with Crippen LogP contribution in [0.1, 0.15) is 17.4 Å². The van der Waals surface area contributed by atoms with Crippen LogP contribution in [0.15, 0.2) is 82.6 Å². The Labute approximate surface area is 216 Å². The number of β-lactam (4-membered cyclic amide) rings is 1. The molecule has 10 heteroatoms. The van der Waals surface area contributed by atoms with Gasteiger partial charge in [0.1, 0.15) is 17.2 Å². The minimum Gasteiger partial charge on any atom is -0.497 e. The summed E-state index contributed by atoms with van der Waals surface area (Å²) in [6.45, 7) is 0.411. The Bertz CT molecular complexity index is 1440.